The van der Waals surface area contributed by atoms with Crippen molar-refractivity contribution in [1.82, 2.24) is 10.3 Å². The third-order valence-electron chi connectivity index (χ3n) is 2.65. The SMILES string of the molecule is CN[C@@H]1Cc2cccnc2[C@@H]1OS(C)(=O)=O. The highest BCUT2D eigenvalue weighted by Crippen LogP contribution is 2.33. The first-order chi connectivity index (χ1) is 7.51. The third kappa shape index (κ3) is 2.23. The molecule has 0 aliphatic heterocycles. The molecule has 16 heavy (non-hydrogen) atoms. The third-order valence-corrected chi connectivity index (χ3v) is 3.21. The van der Waals surface area contributed by atoms with E-state index >= 15 is 0 Å². The predicted molar refractivity (Wildman–Crippen MR) is 59.5 cm³/mol. The first-order valence-corrected chi connectivity index (χ1v) is 6.82. The van der Waals surface area contributed by atoms with E-state index in [9.17, 15) is 8.42 Å². The summed E-state index contributed by atoms with van der Waals surface area (Å²) in [5.41, 5.74) is 1.75. The van der Waals surface area contributed by atoms with Crippen molar-refractivity contribution in [3.8, 4) is 0 Å². The number of fused-ring (bicyclic) bond motifs is 1. The van der Waals surface area contributed by atoms with Crippen molar-refractivity contribution in [3.05, 3.63) is 29.6 Å². The van der Waals surface area contributed by atoms with Gasteiger partial charge < -0.3 is 5.32 Å². The van der Waals surface area contributed by atoms with Crippen LogP contribution < -0.4 is 5.32 Å². The second-order valence-electron chi connectivity index (χ2n) is 3.87. The van der Waals surface area contributed by atoms with Gasteiger partial charge in [-0.15, -0.1) is 0 Å². The molecule has 0 saturated heterocycles. The standard InChI is InChI=1S/C10H14N2O3S/c1-11-8-6-7-4-3-5-12-9(7)10(8)15-16(2,13)14/h3-5,8,10-11H,6H2,1-2H3/t8-,10-/m1/s1. The van der Waals surface area contributed by atoms with Gasteiger partial charge in [0.1, 0.15) is 6.10 Å². The van der Waals surface area contributed by atoms with Crippen molar-refractivity contribution in [3.63, 3.8) is 0 Å². The van der Waals surface area contributed by atoms with Crippen LogP contribution in [0.15, 0.2) is 18.3 Å². The molecule has 1 N–H and O–H groups in total. The van der Waals surface area contributed by atoms with Crippen molar-refractivity contribution < 1.29 is 12.6 Å². The molecule has 2 atom stereocenters. The van der Waals surface area contributed by atoms with Crippen molar-refractivity contribution >= 4 is 10.1 Å². The Morgan fingerprint density at radius 1 is 1.56 bits per heavy atom. The fraction of sp³-hybridized carbons (Fsp3) is 0.500. The highest BCUT2D eigenvalue weighted by Gasteiger charge is 2.35. The number of aromatic nitrogens is 1. The van der Waals surface area contributed by atoms with Gasteiger partial charge in [-0.3, -0.25) is 9.17 Å². The molecule has 1 aromatic heterocycles. The zero-order chi connectivity index (χ0) is 11.8. The van der Waals surface area contributed by atoms with Crippen LogP contribution in [0.3, 0.4) is 0 Å². The fourth-order valence-corrected chi connectivity index (χ4v) is 2.57. The molecule has 0 radical (unpaired) electrons. The summed E-state index contributed by atoms with van der Waals surface area (Å²) < 4.78 is 27.4. The van der Waals surface area contributed by atoms with E-state index < -0.39 is 16.2 Å². The van der Waals surface area contributed by atoms with Gasteiger partial charge in [-0.25, -0.2) is 0 Å². The minimum atomic E-state index is -3.47. The zero-order valence-corrected chi connectivity index (χ0v) is 9.99. The molecule has 1 aliphatic carbocycles. The van der Waals surface area contributed by atoms with Crippen molar-refractivity contribution in [2.45, 2.75) is 18.6 Å². The van der Waals surface area contributed by atoms with E-state index in [1.165, 1.54) is 0 Å². The van der Waals surface area contributed by atoms with Crippen LogP contribution in [0.4, 0.5) is 0 Å². The van der Waals surface area contributed by atoms with Crippen LogP contribution in [0.1, 0.15) is 17.4 Å². The summed E-state index contributed by atoms with van der Waals surface area (Å²) in [6.07, 6.45) is 2.92. The van der Waals surface area contributed by atoms with Crippen molar-refractivity contribution in [2.24, 2.45) is 0 Å². The van der Waals surface area contributed by atoms with Gasteiger partial charge in [0, 0.05) is 12.2 Å². The van der Waals surface area contributed by atoms with Crippen LogP contribution in [0.25, 0.3) is 0 Å². The molecule has 2 rings (SSSR count). The smallest absolute Gasteiger partial charge is 0.265 e. The normalized spacial score (nSPS) is 24.4. The Hall–Kier alpha value is -0.980. The molecule has 1 aromatic rings. The monoisotopic (exact) mass is 242 g/mol. The Balaban J connectivity index is 2.34. The molecule has 0 fully saturated rings. The van der Waals surface area contributed by atoms with Gasteiger partial charge in [-0.2, -0.15) is 8.42 Å². The number of rotatable bonds is 3. The number of nitrogens with one attached hydrogen (secondary N) is 1. The molecule has 0 unspecified atom stereocenters. The molecular formula is C10H14N2O3S. The van der Waals surface area contributed by atoms with Crippen LogP contribution in [0.5, 0.6) is 0 Å². The maximum atomic E-state index is 11.2. The molecule has 5 nitrogen and oxygen atoms in total. The molecule has 0 bridgehead atoms. The summed E-state index contributed by atoms with van der Waals surface area (Å²) in [5.74, 6) is 0. The zero-order valence-electron chi connectivity index (χ0n) is 9.17. The lowest BCUT2D eigenvalue weighted by Crippen LogP contribution is -2.32. The van der Waals surface area contributed by atoms with Gasteiger partial charge in [-0.1, -0.05) is 6.07 Å². The van der Waals surface area contributed by atoms with E-state index in [2.05, 4.69) is 10.3 Å². The second-order valence-corrected chi connectivity index (χ2v) is 5.47. The second kappa shape index (κ2) is 4.12. The van der Waals surface area contributed by atoms with Gasteiger partial charge in [0.2, 0.25) is 0 Å². The minimum Gasteiger partial charge on any atom is -0.314 e. The quantitative estimate of drug-likeness (QED) is 0.769. The van der Waals surface area contributed by atoms with Crippen LogP contribution in [0, 0.1) is 0 Å². The van der Waals surface area contributed by atoms with E-state index in [0.29, 0.717) is 5.69 Å². The van der Waals surface area contributed by atoms with Gasteiger partial charge in [0.05, 0.1) is 11.9 Å². The molecule has 0 spiro atoms. The Kier molecular flexibility index (Phi) is 2.96. The van der Waals surface area contributed by atoms with E-state index in [-0.39, 0.29) is 6.04 Å². The van der Waals surface area contributed by atoms with E-state index in [0.717, 1.165) is 18.2 Å². The number of hydrogen-bond acceptors (Lipinski definition) is 5. The Morgan fingerprint density at radius 2 is 2.31 bits per heavy atom. The molecule has 0 aromatic carbocycles. The van der Waals surface area contributed by atoms with Crippen molar-refractivity contribution in [2.75, 3.05) is 13.3 Å². The van der Waals surface area contributed by atoms with Crippen LogP contribution in [-0.4, -0.2) is 32.7 Å². The predicted octanol–water partition coefficient (Wildman–Crippen LogP) is 0.243. The van der Waals surface area contributed by atoms with Gasteiger partial charge in [0.15, 0.2) is 0 Å². The highest BCUT2D eigenvalue weighted by molar-refractivity contribution is 7.86. The Labute approximate surface area is 95.0 Å². The summed E-state index contributed by atoms with van der Waals surface area (Å²) in [7, 11) is -1.69. The topological polar surface area (TPSA) is 68.3 Å². The largest absolute Gasteiger partial charge is 0.314 e. The molecule has 0 amide bonds. The number of likely N-dealkylation sites (N-methyl/N-ethyl adjacent to an activating group) is 1. The van der Waals surface area contributed by atoms with Gasteiger partial charge in [0.25, 0.3) is 10.1 Å². The molecule has 88 valence electrons. The van der Waals surface area contributed by atoms with E-state index in [4.69, 9.17) is 4.18 Å². The molecule has 6 heteroatoms. The summed E-state index contributed by atoms with van der Waals surface area (Å²) in [6, 6.07) is 3.74. The Bertz CT molecular complexity index is 487. The molecule has 0 saturated carbocycles. The first-order valence-electron chi connectivity index (χ1n) is 5.00. The molecular weight excluding hydrogens is 228 g/mol. The molecule has 1 aliphatic rings. The number of hydrogen-bond donors (Lipinski definition) is 1. The van der Waals surface area contributed by atoms with E-state index in [1.807, 2.05) is 12.1 Å². The lowest BCUT2D eigenvalue weighted by molar-refractivity contribution is 0.178. The van der Waals surface area contributed by atoms with Crippen LogP contribution in [-0.2, 0) is 20.7 Å². The first kappa shape index (κ1) is 11.5. The van der Waals surface area contributed by atoms with Crippen molar-refractivity contribution in [1.29, 1.82) is 0 Å². The average Bonchev–Trinajstić information content (AvgIpc) is 2.55. The fourth-order valence-electron chi connectivity index (χ4n) is 1.97. The average molecular weight is 242 g/mol. The van der Waals surface area contributed by atoms with Crippen LogP contribution >= 0.6 is 0 Å². The summed E-state index contributed by atoms with van der Waals surface area (Å²) in [5, 5.41) is 3.05. The van der Waals surface area contributed by atoms with Crippen LogP contribution in [0.2, 0.25) is 0 Å². The highest BCUT2D eigenvalue weighted by atomic mass is 32.2. The maximum Gasteiger partial charge on any atom is 0.265 e. The summed E-state index contributed by atoms with van der Waals surface area (Å²) in [6.45, 7) is 0. The van der Waals surface area contributed by atoms with E-state index in [1.54, 1.807) is 13.2 Å². The van der Waals surface area contributed by atoms with Gasteiger partial charge in [-0.05, 0) is 25.1 Å². The summed E-state index contributed by atoms with van der Waals surface area (Å²) in [4.78, 5) is 4.19. The van der Waals surface area contributed by atoms with Gasteiger partial charge >= 0.3 is 0 Å². The Morgan fingerprint density at radius 3 is 2.94 bits per heavy atom. The molecule has 1 heterocycles. The lowest BCUT2D eigenvalue weighted by atomic mass is 10.2. The summed E-state index contributed by atoms with van der Waals surface area (Å²) >= 11 is 0. The number of pyridine rings is 1. The lowest BCUT2D eigenvalue weighted by Gasteiger charge is -2.17. The maximum absolute atomic E-state index is 11.2. The number of nitrogens with zero attached hydrogens (tertiary/aromatic N) is 1. The minimum absolute atomic E-state index is 0.0420.